The number of nitrogens with two attached hydrogens (primary N) is 1. The van der Waals surface area contributed by atoms with Gasteiger partial charge in [0.1, 0.15) is 0 Å². The summed E-state index contributed by atoms with van der Waals surface area (Å²) in [6.07, 6.45) is -5.63. The number of H-pyrrole nitrogens is 1. The monoisotopic (exact) mass is 266 g/mol. The van der Waals surface area contributed by atoms with Crippen LogP contribution in [0.25, 0.3) is 0 Å². The molecule has 0 fully saturated rings. The summed E-state index contributed by atoms with van der Waals surface area (Å²) >= 11 is 0. The number of rotatable bonds is 4. The van der Waals surface area contributed by atoms with Gasteiger partial charge in [-0.15, -0.1) is 13.2 Å². The van der Waals surface area contributed by atoms with E-state index in [0.717, 1.165) is 6.07 Å². The molecule has 100 valence electrons. The molecule has 0 radical (unpaired) electrons. The van der Waals surface area contributed by atoms with Crippen LogP contribution in [0.3, 0.4) is 0 Å². The fraction of sp³-hybridized carbons (Fsp3) is 0.333. The number of aliphatic carboxylic acids is 1. The number of ether oxygens (including phenoxy) is 1. The number of carbonyl (C=O) groups is 1. The second-order valence-corrected chi connectivity index (χ2v) is 3.29. The average Bonchev–Trinajstić information content (AvgIpc) is 2.13. The van der Waals surface area contributed by atoms with Gasteiger partial charge in [0.2, 0.25) is 5.88 Å². The molecule has 0 saturated heterocycles. The van der Waals surface area contributed by atoms with Crippen LogP contribution in [0.2, 0.25) is 0 Å². The number of aromatic amines is 1. The summed E-state index contributed by atoms with van der Waals surface area (Å²) < 4.78 is 39.8. The predicted octanol–water partition coefficient (Wildman–Crippen LogP) is 0.359. The minimum atomic E-state index is -5.01. The number of pyridine rings is 1. The molecular weight excluding hydrogens is 257 g/mol. The Morgan fingerprint density at radius 1 is 1.50 bits per heavy atom. The molecular formula is C9H9F3N2O4. The van der Waals surface area contributed by atoms with Gasteiger partial charge >= 0.3 is 12.3 Å². The largest absolute Gasteiger partial charge is 0.574 e. The number of alkyl halides is 3. The van der Waals surface area contributed by atoms with E-state index >= 15 is 0 Å². The molecule has 1 heterocycles. The van der Waals surface area contributed by atoms with Crippen LogP contribution in [-0.4, -0.2) is 22.4 Å². The van der Waals surface area contributed by atoms with Crippen LogP contribution in [0, 0.1) is 0 Å². The first-order valence-corrected chi connectivity index (χ1v) is 4.65. The number of halogens is 3. The smallest absolute Gasteiger partial charge is 0.481 e. The van der Waals surface area contributed by atoms with Crippen molar-refractivity contribution in [3.8, 4) is 5.88 Å². The third-order valence-electron chi connectivity index (χ3n) is 1.97. The zero-order valence-electron chi connectivity index (χ0n) is 8.87. The molecule has 0 amide bonds. The standard InChI is InChI=1S/C9H9F3N2O4/c10-9(11,12)18-8-5(3-13)4(2-7(16)17)1-6(15)14-8/h1H,2-3,13H2,(H,14,15)(H,16,17). The van der Waals surface area contributed by atoms with Crippen molar-refractivity contribution in [1.29, 1.82) is 0 Å². The third kappa shape index (κ3) is 3.77. The Kier molecular flexibility index (Phi) is 3.96. The van der Waals surface area contributed by atoms with Gasteiger partial charge in [-0.1, -0.05) is 0 Å². The van der Waals surface area contributed by atoms with Crippen LogP contribution in [-0.2, 0) is 17.8 Å². The van der Waals surface area contributed by atoms with E-state index in [1.807, 2.05) is 4.98 Å². The highest BCUT2D eigenvalue weighted by Gasteiger charge is 2.33. The van der Waals surface area contributed by atoms with E-state index < -0.39 is 36.7 Å². The molecule has 0 unspecified atom stereocenters. The topological polar surface area (TPSA) is 105 Å². The van der Waals surface area contributed by atoms with Crippen molar-refractivity contribution in [3.63, 3.8) is 0 Å². The van der Waals surface area contributed by atoms with Gasteiger partial charge in [0, 0.05) is 18.2 Å². The maximum atomic E-state index is 12.1. The highest BCUT2D eigenvalue weighted by atomic mass is 19.4. The van der Waals surface area contributed by atoms with E-state index in [2.05, 4.69) is 4.74 Å². The van der Waals surface area contributed by atoms with Gasteiger partial charge in [-0.05, 0) is 5.56 Å². The second-order valence-electron chi connectivity index (χ2n) is 3.29. The third-order valence-corrected chi connectivity index (χ3v) is 1.97. The summed E-state index contributed by atoms with van der Waals surface area (Å²) in [6.45, 7) is -0.398. The lowest BCUT2D eigenvalue weighted by molar-refractivity contribution is -0.276. The van der Waals surface area contributed by atoms with Crippen molar-refractivity contribution in [2.45, 2.75) is 19.3 Å². The molecule has 0 aliphatic carbocycles. The lowest BCUT2D eigenvalue weighted by Crippen LogP contribution is -2.23. The molecule has 1 aromatic heterocycles. The Labute approximate surface area is 98.2 Å². The van der Waals surface area contributed by atoms with Crippen LogP contribution in [0.1, 0.15) is 11.1 Å². The molecule has 18 heavy (non-hydrogen) atoms. The quantitative estimate of drug-likeness (QED) is 0.729. The van der Waals surface area contributed by atoms with E-state index in [0.29, 0.717) is 0 Å². The van der Waals surface area contributed by atoms with Crippen molar-refractivity contribution in [2.75, 3.05) is 0 Å². The number of hydrogen-bond donors (Lipinski definition) is 3. The maximum Gasteiger partial charge on any atom is 0.574 e. The van der Waals surface area contributed by atoms with Gasteiger partial charge in [0.05, 0.1) is 6.42 Å². The Hall–Kier alpha value is -2.03. The number of hydrogen-bond acceptors (Lipinski definition) is 4. The summed E-state index contributed by atoms with van der Waals surface area (Å²) in [7, 11) is 0. The van der Waals surface area contributed by atoms with Gasteiger partial charge < -0.3 is 15.6 Å². The van der Waals surface area contributed by atoms with Crippen LogP contribution in [0.15, 0.2) is 10.9 Å². The molecule has 6 nitrogen and oxygen atoms in total. The zero-order valence-corrected chi connectivity index (χ0v) is 8.87. The highest BCUT2D eigenvalue weighted by molar-refractivity contribution is 5.71. The fourth-order valence-corrected chi connectivity index (χ4v) is 1.36. The Morgan fingerprint density at radius 2 is 2.11 bits per heavy atom. The van der Waals surface area contributed by atoms with Crippen molar-refractivity contribution < 1.29 is 27.8 Å². The molecule has 4 N–H and O–H groups in total. The highest BCUT2D eigenvalue weighted by Crippen LogP contribution is 2.25. The SMILES string of the molecule is NCc1c(CC(=O)O)cc(=O)[nH]c1OC(F)(F)F. The molecule has 1 aromatic rings. The summed E-state index contributed by atoms with van der Waals surface area (Å²) in [5.74, 6) is -2.18. The van der Waals surface area contributed by atoms with E-state index in [-0.39, 0.29) is 11.1 Å². The summed E-state index contributed by atoms with van der Waals surface area (Å²) in [4.78, 5) is 23.5. The van der Waals surface area contributed by atoms with Crippen LogP contribution >= 0.6 is 0 Å². The van der Waals surface area contributed by atoms with E-state index in [1.165, 1.54) is 0 Å². The zero-order chi connectivity index (χ0) is 13.9. The van der Waals surface area contributed by atoms with Crippen LogP contribution in [0.4, 0.5) is 13.2 Å². The molecule has 0 saturated carbocycles. The number of aromatic nitrogens is 1. The number of nitrogens with one attached hydrogen (secondary N) is 1. The summed E-state index contributed by atoms with van der Waals surface area (Å²) in [6, 6.07) is 0.875. The fourth-order valence-electron chi connectivity index (χ4n) is 1.36. The molecule has 9 heteroatoms. The first kappa shape index (κ1) is 14.0. The predicted molar refractivity (Wildman–Crippen MR) is 53.0 cm³/mol. The van der Waals surface area contributed by atoms with E-state index in [1.54, 1.807) is 0 Å². The minimum absolute atomic E-state index is 0.118. The maximum absolute atomic E-state index is 12.1. The molecule has 0 atom stereocenters. The van der Waals surface area contributed by atoms with E-state index in [4.69, 9.17) is 10.8 Å². The first-order valence-electron chi connectivity index (χ1n) is 4.65. The molecule has 0 aromatic carbocycles. The lowest BCUT2D eigenvalue weighted by atomic mass is 10.1. The molecule has 0 spiro atoms. The first-order chi connectivity index (χ1) is 8.23. The van der Waals surface area contributed by atoms with Crippen molar-refractivity contribution >= 4 is 5.97 Å². The van der Waals surface area contributed by atoms with Gasteiger partial charge in [-0.2, -0.15) is 0 Å². The lowest BCUT2D eigenvalue weighted by Gasteiger charge is -2.14. The van der Waals surface area contributed by atoms with Crippen molar-refractivity contribution in [3.05, 3.63) is 27.5 Å². The summed E-state index contributed by atoms with van der Waals surface area (Å²) in [5, 5.41) is 8.59. The molecule has 0 aliphatic rings. The van der Waals surface area contributed by atoms with Gasteiger partial charge in [-0.25, -0.2) is 0 Å². The average molecular weight is 266 g/mol. The summed E-state index contributed by atoms with van der Waals surface area (Å²) in [5.41, 5.74) is 4.02. The van der Waals surface area contributed by atoms with Gasteiger partial charge in [-0.3, -0.25) is 14.6 Å². The molecule has 0 bridgehead atoms. The number of carboxylic acids is 1. The van der Waals surface area contributed by atoms with E-state index in [9.17, 15) is 22.8 Å². The Balaban J connectivity index is 3.28. The Morgan fingerprint density at radius 3 is 2.56 bits per heavy atom. The number of carboxylic acid groups (broad SMARTS) is 1. The normalized spacial score (nSPS) is 11.3. The molecule has 1 rings (SSSR count). The van der Waals surface area contributed by atoms with Gasteiger partial charge in [0.15, 0.2) is 0 Å². The Bertz CT molecular complexity index is 510. The molecule has 0 aliphatic heterocycles. The van der Waals surface area contributed by atoms with Crippen LogP contribution < -0.4 is 16.0 Å². The minimum Gasteiger partial charge on any atom is -0.481 e. The van der Waals surface area contributed by atoms with Crippen LogP contribution in [0.5, 0.6) is 5.88 Å². The van der Waals surface area contributed by atoms with Crippen molar-refractivity contribution in [2.24, 2.45) is 5.73 Å². The van der Waals surface area contributed by atoms with Gasteiger partial charge in [0.25, 0.3) is 5.56 Å². The second kappa shape index (κ2) is 5.08. The van der Waals surface area contributed by atoms with Crippen molar-refractivity contribution in [1.82, 2.24) is 4.98 Å².